The Bertz CT molecular complexity index is 655. The van der Waals surface area contributed by atoms with Crippen molar-refractivity contribution in [1.29, 1.82) is 0 Å². The largest absolute Gasteiger partial charge is 0.462 e. The highest BCUT2D eigenvalue weighted by atomic mass is 32.1. The van der Waals surface area contributed by atoms with Crippen LogP contribution in [0.1, 0.15) is 32.4 Å². The number of nitrogen functional groups attached to an aromatic ring is 1. The van der Waals surface area contributed by atoms with Crippen molar-refractivity contribution < 1.29 is 9.53 Å². The summed E-state index contributed by atoms with van der Waals surface area (Å²) < 4.78 is 5.44. The van der Waals surface area contributed by atoms with Crippen LogP contribution in [0.4, 0.5) is 5.69 Å². The minimum Gasteiger partial charge on any atom is -0.462 e. The normalized spacial score (nSPS) is 18.2. The molecule has 3 N–H and O–H groups in total. The van der Waals surface area contributed by atoms with Gasteiger partial charge in [-0.2, -0.15) is 0 Å². The number of nitrogens with one attached hydrogen (secondary N) is 1. The number of carbonyl (C=O) groups is 1. The summed E-state index contributed by atoms with van der Waals surface area (Å²) in [6.07, 6.45) is 0. The molecule has 1 aromatic carbocycles. The molecule has 0 radical (unpaired) electrons. The summed E-state index contributed by atoms with van der Waals surface area (Å²) in [6.45, 7) is 6.26. The Morgan fingerprint density at radius 2 is 2.17 bits per heavy atom. The van der Waals surface area contributed by atoms with E-state index >= 15 is 0 Å². The first kappa shape index (κ1) is 17.3. The van der Waals surface area contributed by atoms with Crippen molar-refractivity contribution in [3.63, 3.8) is 0 Å². The molecule has 0 aromatic heterocycles. The maximum atomic E-state index is 12.6. The Hall–Kier alpha value is -2.08. The van der Waals surface area contributed by atoms with Crippen LogP contribution in [0.2, 0.25) is 0 Å². The molecule has 0 spiro atoms. The van der Waals surface area contributed by atoms with Gasteiger partial charge in [-0.25, -0.2) is 4.79 Å². The van der Waals surface area contributed by atoms with Gasteiger partial charge in [-0.1, -0.05) is 26.0 Å². The van der Waals surface area contributed by atoms with Crippen LogP contribution in [-0.2, 0) is 9.53 Å². The Morgan fingerprint density at radius 1 is 1.48 bits per heavy atom. The third-order valence-corrected chi connectivity index (χ3v) is 4.16. The van der Waals surface area contributed by atoms with Crippen LogP contribution in [0.3, 0.4) is 0 Å². The number of thiocarbonyl (C=S) groups is 1. The lowest BCUT2D eigenvalue weighted by molar-refractivity contribution is -0.140. The lowest BCUT2D eigenvalue weighted by atomic mass is 9.95. The third kappa shape index (κ3) is 3.82. The Morgan fingerprint density at radius 3 is 2.78 bits per heavy atom. The molecule has 0 saturated heterocycles. The summed E-state index contributed by atoms with van der Waals surface area (Å²) in [4.78, 5) is 14.4. The zero-order valence-corrected chi connectivity index (χ0v) is 14.7. The molecule has 6 heteroatoms. The van der Waals surface area contributed by atoms with E-state index in [2.05, 4.69) is 5.32 Å². The standard InChI is InChI=1S/C17H23N3O2S/c1-10(2)9-22-16(21)14-11(3)20(4)17(23)19-15(14)12-6-5-7-13(18)8-12/h5-8,10,15H,9,18H2,1-4H3,(H,19,23). The molecule has 1 atom stereocenters. The van der Waals surface area contributed by atoms with Gasteiger partial charge in [-0.3, -0.25) is 0 Å². The van der Waals surface area contributed by atoms with Gasteiger partial charge < -0.3 is 20.7 Å². The van der Waals surface area contributed by atoms with Crippen molar-refractivity contribution in [2.24, 2.45) is 5.92 Å². The summed E-state index contributed by atoms with van der Waals surface area (Å²) in [6, 6.07) is 7.07. The number of esters is 1. The molecule has 124 valence electrons. The minimum atomic E-state index is -0.359. The number of benzene rings is 1. The molecule has 0 bridgehead atoms. The van der Waals surface area contributed by atoms with Gasteiger partial charge in [0.25, 0.3) is 0 Å². The molecule has 0 fully saturated rings. The molecule has 1 aromatic rings. The molecule has 23 heavy (non-hydrogen) atoms. The second-order valence-electron chi connectivity index (χ2n) is 6.10. The van der Waals surface area contributed by atoms with Gasteiger partial charge in [0.15, 0.2) is 5.11 Å². The van der Waals surface area contributed by atoms with Crippen LogP contribution in [0.15, 0.2) is 35.5 Å². The SMILES string of the molecule is CC1=C(C(=O)OCC(C)C)C(c2cccc(N)c2)NC(=S)N1C. The molecule has 1 unspecified atom stereocenters. The highest BCUT2D eigenvalue weighted by Crippen LogP contribution is 2.31. The fourth-order valence-electron chi connectivity index (χ4n) is 2.41. The first-order valence-electron chi connectivity index (χ1n) is 7.58. The molecule has 0 saturated carbocycles. The summed E-state index contributed by atoms with van der Waals surface area (Å²) in [5, 5.41) is 3.77. The molecular formula is C17H23N3O2S. The first-order valence-corrected chi connectivity index (χ1v) is 7.99. The van der Waals surface area contributed by atoms with E-state index in [0.717, 1.165) is 11.3 Å². The van der Waals surface area contributed by atoms with E-state index in [-0.39, 0.29) is 17.9 Å². The van der Waals surface area contributed by atoms with Crippen LogP contribution in [0.25, 0.3) is 0 Å². The summed E-state index contributed by atoms with van der Waals surface area (Å²) in [5.74, 6) is -0.0495. The number of anilines is 1. The number of allylic oxidation sites excluding steroid dienone is 1. The van der Waals surface area contributed by atoms with Gasteiger partial charge in [-0.15, -0.1) is 0 Å². The Kier molecular flexibility index (Phi) is 5.26. The fraction of sp³-hybridized carbons (Fsp3) is 0.412. The van der Waals surface area contributed by atoms with Gasteiger partial charge in [0.2, 0.25) is 0 Å². The van der Waals surface area contributed by atoms with Crippen molar-refractivity contribution in [2.75, 3.05) is 19.4 Å². The van der Waals surface area contributed by atoms with Crippen LogP contribution in [-0.4, -0.2) is 29.6 Å². The predicted molar refractivity (Wildman–Crippen MR) is 95.6 cm³/mol. The van der Waals surface area contributed by atoms with Crippen molar-refractivity contribution >= 4 is 29.0 Å². The molecule has 1 aliphatic rings. The Labute approximate surface area is 142 Å². The highest BCUT2D eigenvalue weighted by molar-refractivity contribution is 7.80. The zero-order chi connectivity index (χ0) is 17.1. The van der Waals surface area contributed by atoms with Gasteiger partial charge in [-0.05, 0) is 42.8 Å². The van der Waals surface area contributed by atoms with E-state index in [1.807, 2.05) is 52.1 Å². The number of rotatable bonds is 4. The molecule has 5 nitrogen and oxygen atoms in total. The van der Waals surface area contributed by atoms with E-state index in [9.17, 15) is 4.79 Å². The average molecular weight is 333 g/mol. The van der Waals surface area contributed by atoms with Crippen LogP contribution >= 0.6 is 12.2 Å². The van der Waals surface area contributed by atoms with E-state index in [4.69, 9.17) is 22.7 Å². The van der Waals surface area contributed by atoms with E-state index in [1.165, 1.54) is 0 Å². The van der Waals surface area contributed by atoms with Gasteiger partial charge in [0.1, 0.15) is 0 Å². The summed E-state index contributed by atoms with van der Waals surface area (Å²) >= 11 is 5.36. The zero-order valence-electron chi connectivity index (χ0n) is 13.9. The van der Waals surface area contributed by atoms with E-state index in [1.54, 1.807) is 4.90 Å². The molecule has 1 heterocycles. The molecule has 2 rings (SSSR count). The topological polar surface area (TPSA) is 67.6 Å². The summed E-state index contributed by atoms with van der Waals surface area (Å²) in [7, 11) is 1.83. The lowest BCUT2D eigenvalue weighted by Crippen LogP contribution is -2.46. The van der Waals surface area contributed by atoms with Crippen molar-refractivity contribution in [1.82, 2.24) is 10.2 Å². The molecule has 0 amide bonds. The maximum Gasteiger partial charge on any atom is 0.338 e. The number of carbonyl (C=O) groups excluding carboxylic acids is 1. The van der Waals surface area contributed by atoms with Crippen LogP contribution in [0.5, 0.6) is 0 Å². The Balaban J connectivity index is 2.42. The monoisotopic (exact) mass is 333 g/mol. The highest BCUT2D eigenvalue weighted by Gasteiger charge is 2.33. The third-order valence-electron chi connectivity index (χ3n) is 3.77. The second kappa shape index (κ2) is 7.00. The summed E-state index contributed by atoms with van der Waals surface area (Å²) in [5.41, 5.74) is 8.75. The minimum absolute atomic E-state index is 0.279. The number of hydrogen-bond acceptors (Lipinski definition) is 4. The number of ether oxygens (including phenoxy) is 1. The van der Waals surface area contributed by atoms with Crippen molar-refractivity contribution in [3.8, 4) is 0 Å². The number of nitrogens with zero attached hydrogens (tertiary/aromatic N) is 1. The predicted octanol–water partition coefficient (Wildman–Crippen LogP) is 2.60. The van der Waals surface area contributed by atoms with Gasteiger partial charge >= 0.3 is 5.97 Å². The number of hydrogen-bond donors (Lipinski definition) is 2. The van der Waals surface area contributed by atoms with Gasteiger partial charge in [0, 0.05) is 18.4 Å². The quantitative estimate of drug-likeness (QED) is 0.501. The molecular weight excluding hydrogens is 310 g/mol. The fourth-order valence-corrected chi connectivity index (χ4v) is 2.66. The smallest absolute Gasteiger partial charge is 0.338 e. The molecule has 1 aliphatic heterocycles. The van der Waals surface area contributed by atoms with E-state index in [0.29, 0.717) is 23.0 Å². The van der Waals surface area contributed by atoms with E-state index < -0.39 is 0 Å². The van der Waals surface area contributed by atoms with Crippen molar-refractivity contribution in [3.05, 3.63) is 41.1 Å². The number of nitrogens with two attached hydrogens (primary N) is 1. The first-order chi connectivity index (χ1) is 10.8. The maximum absolute atomic E-state index is 12.6. The average Bonchev–Trinajstić information content (AvgIpc) is 2.50. The van der Waals surface area contributed by atoms with Crippen LogP contribution in [0, 0.1) is 5.92 Å². The van der Waals surface area contributed by atoms with Crippen LogP contribution < -0.4 is 11.1 Å². The lowest BCUT2D eigenvalue weighted by Gasteiger charge is -2.35. The van der Waals surface area contributed by atoms with Gasteiger partial charge in [0.05, 0.1) is 18.2 Å². The molecule has 0 aliphatic carbocycles. The van der Waals surface area contributed by atoms with Crippen molar-refractivity contribution in [2.45, 2.75) is 26.8 Å². The second-order valence-corrected chi connectivity index (χ2v) is 6.49.